The monoisotopic (exact) mass is 522 g/mol. The zero-order valence-corrected chi connectivity index (χ0v) is 20.7. The van der Waals surface area contributed by atoms with E-state index >= 15 is 0 Å². The van der Waals surface area contributed by atoms with E-state index in [2.05, 4.69) is 16.0 Å². The van der Waals surface area contributed by atoms with Crippen molar-refractivity contribution >= 4 is 35.4 Å². The van der Waals surface area contributed by atoms with E-state index in [1.54, 1.807) is 36.4 Å². The third kappa shape index (κ3) is 6.72. The number of nitrogen functional groups attached to an aromatic ring is 1. The molecule has 1 fully saturated rings. The van der Waals surface area contributed by atoms with E-state index in [0.717, 1.165) is 10.5 Å². The molecule has 0 saturated carbocycles. The molecule has 0 aliphatic carbocycles. The lowest BCUT2D eigenvalue weighted by molar-refractivity contribution is -0.161. The maximum atomic E-state index is 13.5. The number of benzene rings is 2. The molecule has 1 aliphatic heterocycles. The molecule has 1 atom stereocenters. The van der Waals surface area contributed by atoms with Gasteiger partial charge in [-0.3, -0.25) is 29.4 Å². The first-order valence-corrected chi connectivity index (χ1v) is 12.0. The van der Waals surface area contributed by atoms with Crippen molar-refractivity contribution in [2.45, 2.75) is 31.3 Å². The Kier molecular flexibility index (Phi) is 9.14. The fourth-order valence-corrected chi connectivity index (χ4v) is 4.30. The first-order chi connectivity index (χ1) is 18.1. The van der Waals surface area contributed by atoms with Crippen molar-refractivity contribution in [3.63, 3.8) is 0 Å². The molecule has 200 valence electrons. The largest absolute Gasteiger partial charge is 0.481 e. The van der Waals surface area contributed by atoms with Gasteiger partial charge in [0.05, 0.1) is 6.42 Å². The van der Waals surface area contributed by atoms with Crippen LogP contribution in [0.25, 0.3) is 0 Å². The number of carboxylic acids is 1. The zero-order chi connectivity index (χ0) is 27.7. The summed E-state index contributed by atoms with van der Waals surface area (Å²) >= 11 is 0. The maximum absolute atomic E-state index is 13.5. The van der Waals surface area contributed by atoms with Crippen molar-refractivity contribution in [1.29, 1.82) is 5.41 Å². The predicted octanol–water partition coefficient (Wildman–Crippen LogP) is -0.0310. The van der Waals surface area contributed by atoms with Crippen molar-refractivity contribution in [2.75, 3.05) is 19.6 Å². The first-order valence-electron chi connectivity index (χ1n) is 12.0. The van der Waals surface area contributed by atoms with Gasteiger partial charge in [-0.2, -0.15) is 0 Å². The lowest BCUT2D eigenvalue weighted by Gasteiger charge is -2.43. The van der Waals surface area contributed by atoms with Crippen molar-refractivity contribution < 1.29 is 29.1 Å². The first kappa shape index (κ1) is 27.8. The van der Waals surface area contributed by atoms with Crippen LogP contribution in [0, 0.1) is 5.41 Å². The lowest BCUT2D eigenvalue weighted by atomic mass is 9.85. The van der Waals surface area contributed by atoms with Crippen LogP contribution in [0.4, 0.5) is 0 Å². The van der Waals surface area contributed by atoms with Crippen LogP contribution >= 0.6 is 0 Å². The number of carbonyl (C=O) groups excluding carboxylic acids is 4. The molecular weight excluding hydrogens is 492 g/mol. The third-order valence-corrected chi connectivity index (χ3v) is 6.25. The fourth-order valence-electron chi connectivity index (χ4n) is 4.30. The minimum Gasteiger partial charge on any atom is -0.481 e. The predicted molar refractivity (Wildman–Crippen MR) is 137 cm³/mol. The van der Waals surface area contributed by atoms with Gasteiger partial charge in [-0.25, -0.2) is 0 Å². The molecule has 1 unspecified atom stereocenters. The minimum atomic E-state index is -1.84. The number of amidine groups is 1. The summed E-state index contributed by atoms with van der Waals surface area (Å²) in [5, 5.41) is 25.0. The molecule has 38 heavy (non-hydrogen) atoms. The number of nitrogens with two attached hydrogens (primary N) is 1. The Morgan fingerprint density at radius 2 is 1.68 bits per heavy atom. The highest BCUT2D eigenvalue weighted by molar-refractivity contribution is 6.36. The summed E-state index contributed by atoms with van der Waals surface area (Å²) in [4.78, 5) is 63.9. The number of aliphatic carboxylic acids is 1. The van der Waals surface area contributed by atoms with Gasteiger partial charge in [0.25, 0.3) is 5.91 Å². The number of nitrogens with one attached hydrogen (secondary N) is 4. The van der Waals surface area contributed by atoms with E-state index in [9.17, 15) is 29.1 Å². The van der Waals surface area contributed by atoms with Gasteiger partial charge < -0.3 is 31.7 Å². The van der Waals surface area contributed by atoms with Gasteiger partial charge in [-0.05, 0) is 30.5 Å². The number of carbonyl (C=O) groups is 5. The second-order valence-electron chi connectivity index (χ2n) is 8.83. The summed E-state index contributed by atoms with van der Waals surface area (Å²) in [5.74, 6) is -4.44. The summed E-state index contributed by atoms with van der Waals surface area (Å²) < 4.78 is 0. The topological polar surface area (TPSA) is 195 Å². The third-order valence-electron chi connectivity index (χ3n) is 6.25. The number of piperazine rings is 1. The Bertz CT molecular complexity index is 1220. The molecule has 1 saturated heterocycles. The molecule has 0 bridgehead atoms. The summed E-state index contributed by atoms with van der Waals surface area (Å²) in [6, 6.07) is 15.1. The van der Waals surface area contributed by atoms with Crippen LogP contribution in [-0.4, -0.2) is 70.6 Å². The Morgan fingerprint density at radius 1 is 1.03 bits per heavy atom. The average molecular weight is 523 g/mol. The molecule has 0 aromatic heterocycles. The highest BCUT2D eigenvalue weighted by Gasteiger charge is 2.50. The molecule has 12 nitrogen and oxygen atoms in total. The SMILES string of the molecule is N=C(N)c1ccc(C(=O)NCCCC(CC(=O)O)(C(=O)NCc2ccccc2)N2CCNC(=O)C2=O)cc1. The van der Waals surface area contributed by atoms with Gasteiger partial charge in [-0.15, -0.1) is 0 Å². The van der Waals surface area contributed by atoms with Crippen molar-refractivity contribution in [1.82, 2.24) is 20.9 Å². The molecule has 1 aliphatic rings. The van der Waals surface area contributed by atoms with E-state index in [4.69, 9.17) is 11.1 Å². The van der Waals surface area contributed by atoms with Gasteiger partial charge in [0.2, 0.25) is 5.91 Å². The number of amides is 4. The average Bonchev–Trinajstić information content (AvgIpc) is 2.91. The summed E-state index contributed by atoms with van der Waals surface area (Å²) in [7, 11) is 0. The number of rotatable bonds is 12. The van der Waals surface area contributed by atoms with E-state index in [-0.39, 0.29) is 44.9 Å². The highest BCUT2D eigenvalue weighted by Crippen LogP contribution is 2.28. The van der Waals surface area contributed by atoms with Gasteiger partial charge in [0, 0.05) is 37.3 Å². The zero-order valence-electron chi connectivity index (χ0n) is 20.7. The number of hydrogen-bond donors (Lipinski definition) is 6. The van der Waals surface area contributed by atoms with Gasteiger partial charge in [-0.1, -0.05) is 42.5 Å². The molecule has 0 radical (unpaired) electrons. The molecule has 1 heterocycles. The Balaban J connectivity index is 1.77. The standard InChI is InChI=1S/C26H30N6O6/c27-21(28)18-7-9-19(10-8-18)22(35)29-12-4-11-26(15-20(33)34,32-14-13-30-23(36)24(32)37)25(38)31-16-17-5-2-1-3-6-17/h1-3,5-10H,4,11-16H2,(H3,27,28)(H,29,35)(H,30,36)(H,31,38)(H,33,34). The summed E-state index contributed by atoms with van der Waals surface area (Å²) in [6.45, 7) is 0.216. The summed E-state index contributed by atoms with van der Waals surface area (Å²) in [6.07, 6.45) is -0.676. The number of hydrogen-bond acceptors (Lipinski definition) is 6. The molecule has 2 aromatic carbocycles. The van der Waals surface area contributed by atoms with E-state index < -0.39 is 41.6 Å². The van der Waals surface area contributed by atoms with Gasteiger partial charge in [0.1, 0.15) is 11.4 Å². The van der Waals surface area contributed by atoms with Crippen molar-refractivity contribution in [3.05, 3.63) is 71.3 Å². The van der Waals surface area contributed by atoms with E-state index in [1.165, 1.54) is 12.1 Å². The molecule has 7 N–H and O–H groups in total. The van der Waals surface area contributed by atoms with Gasteiger partial charge in [0.15, 0.2) is 0 Å². The van der Waals surface area contributed by atoms with Crippen molar-refractivity contribution in [2.24, 2.45) is 5.73 Å². The summed E-state index contributed by atoms with van der Waals surface area (Å²) in [5.41, 5.74) is 5.16. The highest BCUT2D eigenvalue weighted by atomic mass is 16.4. The lowest BCUT2D eigenvalue weighted by Crippen LogP contribution is -2.67. The van der Waals surface area contributed by atoms with Crippen LogP contribution in [0.5, 0.6) is 0 Å². The second-order valence-corrected chi connectivity index (χ2v) is 8.83. The number of nitrogens with zero attached hydrogens (tertiary/aromatic N) is 1. The molecular formula is C26H30N6O6. The maximum Gasteiger partial charge on any atom is 0.312 e. The van der Waals surface area contributed by atoms with Crippen LogP contribution in [-0.2, 0) is 25.7 Å². The molecule has 2 aromatic rings. The molecule has 12 heteroatoms. The Morgan fingerprint density at radius 3 is 2.32 bits per heavy atom. The minimum absolute atomic E-state index is 0.0362. The van der Waals surface area contributed by atoms with E-state index in [0.29, 0.717) is 11.1 Å². The fraction of sp³-hybridized carbons (Fsp3) is 0.308. The second kappa shape index (κ2) is 12.5. The van der Waals surface area contributed by atoms with Crippen LogP contribution in [0.15, 0.2) is 54.6 Å². The molecule has 4 amide bonds. The number of carboxylic acid groups (broad SMARTS) is 1. The normalized spacial score (nSPS) is 14.7. The smallest absolute Gasteiger partial charge is 0.312 e. The van der Waals surface area contributed by atoms with Crippen molar-refractivity contribution in [3.8, 4) is 0 Å². The van der Waals surface area contributed by atoms with Gasteiger partial charge >= 0.3 is 17.8 Å². The van der Waals surface area contributed by atoms with E-state index in [1.807, 2.05) is 6.07 Å². The van der Waals surface area contributed by atoms with Crippen LogP contribution in [0.3, 0.4) is 0 Å². The molecule has 0 spiro atoms. The molecule has 3 rings (SSSR count). The Labute approximate surface area is 219 Å². The van der Waals surface area contributed by atoms with Crippen LogP contribution in [0.1, 0.15) is 40.7 Å². The quantitative estimate of drug-likeness (QED) is 0.0974. The Hall–Kier alpha value is -4.74. The van der Waals surface area contributed by atoms with Crippen LogP contribution in [0.2, 0.25) is 0 Å². The van der Waals surface area contributed by atoms with Crippen LogP contribution < -0.4 is 21.7 Å².